The van der Waals surface area contributed by atoms with E-state index in [0.29, 0.717) is 0 Å². The fourth-order valence-corrected chi connectivity index (χ4v) is 1.51. The predicted octanol–water partition coefficient (Wildman–Crippen LogP) is 1.86. The van der Waals surface area contributed by atoms with Crippen molar-refractivity contribution in [2.24, 2.45) is 0 Å². The van der Waals surface area contributed by atoms with Gasteiger partial charge in [-0.25, -0.2) is 9.97 Å². The van der Waals surface area contributed by atoms with Crippen LogP contribution in [0.5, 0.6) is 0 Å². The standard InChI is InChI=1S/C7H10IN3S/c1-12-3-2-10-7-6(8)4-9-5-11-7/h4-5H,2-3H2,1H3,(H,9,10,11). The van der Waals surface area contributed by atoms with Gasteiger partial charge in [0.2, 0.25) is 0 Å². The third-order valence-electron chi connectivity index (χ3n) is 1.27. The summed E-state index contributed by atoms with van der Waals surface area (Å²) < 4.78 is 1.07. The number of anilines is 1. The quantitative estimate of drug-likeness (QED) is 0.679. The summed E-state index contributed by atoms with van der Waals surface area (Å²) in [6.07, 6.45) is 5.45. The molecular formula is C7H10IN3S. The van der Waals surface area contributed by atoms with Gasteiger partial charge in [-0.3, -0.25) is 0 Å². The maximum Gasteiger partial charge on any atom is 0.142 e. The zero-order valence-corrected chi connectivity index (χ0v) is 9.72. The number of hydrogen-bond donors (Lipinski definition) is 1. The average molecular weight is 295 g/mol. The van der Waals surface area contributed by atoms with E-state index in [2.05, 4.69) is 44.1 Å². The van der Waals surface area contributed by atoms with Crippen LogP contribution < -0.4 is 5.32 Å². The van der Waals surface area contributed by atoms with Gasteiger partial charge >= 0.3 is 0 Å². The highest BCUT2D eigenvalue weighted by Gasteiger charge is 1.97. The number of halogens is 1. The normalized spacial score (nSPS) is 9.83. The van der Waals surface area contributed by atoms with E-state index in [1.165, 1.54) is 0 Å². The van der Waals surface area contributed by atoms with Gasteiger partial charge in [-0.05, 0) is 28.8 Å². The molecule has 1 heterocycles. The van der Waals surface area contributed by atoms with Crippen molar-refractivity contribution in [2.45, 2.75) is 0 Å². The van der Waals surface area contributed by atoms with Crippen molar-refractivity contribution in [3.05, 3.63) is 16.1 Å². The van der Waals surface area contributed by atoms with Crippen LogP contribution in [0.3, 0.4) is 0 Å². The lowest BCUT2D eigenvalue weighted by atomic mass is 10.5. The number of rotatable bonds is 4. The molecule has 0 radical (unpaired) electrons. The first-order valence-electron chi connectivity index (χ1n) is 3.53. The number of nitrogens with one attached hydrogen (secondary N) is 1. The molecule has 0 aromatic carbocycles. The summed E-state index contributed by atoms with van der Waals surface area (Å²) >= 11 is 4.04. The Bertz CT molecular complexity index is 244. The fourth-order valence-electron chi connectivity index (χ4n) is 0.714. The Morgan fingerprint density at radius 2 is 2.50 bits per heavy atom. The van der Waals surface area contributed by atoms with Crippen LogP contribution in [0.1, 0.15) is 0 Å². The molecule has 0 spiro atoms. The van der Waals surface area contributed by atoms with E-state index in [0.717, 1.165) is 21.7 Å². The van der Waals surface area contributed by atoms with Crippen molar-refractivity contribution in [3.63, 3.8) is 0 Å². The maximum atomic E-state index is 4.11. The van der Waals surface area contributed by atoms with Crippen molar-refractivity contribution in [2.75, 3.05) is 23.9 Å². The molecule has 0 unspecified atom stereocenters. The van der Waals surface area contributed by atoms with Crippen LogP contribution >= 0.6 is 34.4 Å². The molecule has 5 heteroatoms. The van der Waals surface area contributed by atoms with Crippen LogP contribution in [-0.2, 0) is 0 Å². The largest absolute Gasteiger partial charge is 0.368 e. The highest BCUT2D eigenvalue weighted by atomic mass is 127. The Balaban J connectivity index is 2.46. The van der Waals surface area contributed by atoms with Crippen molar-refractivity contribution in [1.82, 2.24) is 9.97 Å². The SMILES string of the molecule is CSCCNc1ncncc1I. The second-order valence-electron chi connectivity index (χ2n) is 2.14. The molecule has 66 valence electrons. The minimum absolute atomic E-state index is 0.930. The molecule has 0 aliphatic carbocycles. The number of thioether (sulfide) groups is 1. The molecule has 0 aliphatic rings. The molecule has 1 N–H and O–H groups in total. The monoisotopic (exact) mass is 295 g/mol. The average Bonchev–Trinajstić information content (AvgIpc) is 2.09. The second-order valence-corrected chi connectivity index (χ2v) is 4.29. The molecule has 0 saturated heterocycles. The molecular weight excluding hydrogens is 285 g/mol. The van der Waals surface area contributed by atoms with Crippen LogP contribution in [0.2, 0.25) is 0 Å². The minimum Gasteiger partial charge on any atom is -0.368 e. The molecule has 12 heavy (non-hydrogen) atoms. The predicted molar refractivity (Wildman–Crippen MR) is 61.6 cm³/mol. The second kappa shape index (κ2) is 5.58. The zero-order valence-electron chi connectivity index (χ0n) is 6.75. The van der Waals surface area contributed by atoms with Crippen LogP contribution in [-0.4, -0.2) is 28.5 Å². The Morgan fingerprint density at radius 1 is 1.67 bits per heavy atom. The molecule has 1 aromatic rings. The molecule has 0 fully saturated rings. The highest BCUT2D eigenvalue weighted by molar-refractivity contribution is 14.1. The van der Waals surface area contributed by atoms with Gasteiger partial charge in [-0.2, -0.15) is 11.8 Å². The summed E-state index contributed by atoms with van der Waals surface area (Å²) in [6, 6.07) is 0. The van der Waals surface area contributed by atoms with Crippen LogP contribution in [0.4, 0.5) is 5.82 Å². The van der Waals surface area contributed by atoms with Crippen molar-refractivity contribution < 1.29 is 0 Å². The maximum absolute atomic E-state index is 4.11. The molecule has 0 saturated carbocycles. The molecule has 0 bridgehead atoms. The van der Waals surface area contributed by atoms with E-state index >= 15 is 0 Å². The van der Waals surface area contributed by atoms with Gasteiger partial charge in [0.15, 0.2) is 0 Å². The Morgan fingerprint density at radius 3 is 3.17 bits per heavy atom. The summed E-state index contributed by atoms with van der Waals surface area (Å²) in [5.74, 6) is 2.03. The van der Waals surface area contributed by atoms with Crippen LogP contribution in [0.25, 0.3) is 0 Å². The fraction of sp³-hybridized carbons (Fsp3) is 0.429. The summed E-state index contributed by atoms with van der Waals surface area (Å²) in [5, 5.41) is 3.23. The first-order chi connectivity index (χ1) is 5.84. The van der Waals surface area contributed by atoms with E-state index < -0.39 is 0 Å². The van der Waals surface area contributed by atoms with E-state index in [1.54, 1.807) is 12.5 Å². The molecule has 3 nitrogen and oxygen atoms in total. The zero-order chi connectivity index (χ0) is 8.81. The van der Waals surface area contributed by atoms with Crippen molar-refractivity contribution in [3.8, 4) is 0 Å². The van der Waals surface area contributed by atoms with Gasteiger partial charge in [-0.1, -0.05) is 0 Å². The highest BCUT2D eigenvalue weighted by Crippen LogP contribution is 2.11. The topological polar surface area (TPSA) is 37.8 Å². The molecule has 0 aliphatic heterocycles. The van der Waals surface area contributed by atoms with Crippen molar-refractivity contribution >= 4 is 40.2 Å². The smallest absolute Gasteiger partial charge is 0.142 e. The first kappa shape index (κ1) is 10.0. The lowest BCUT2D eigenvalue weighted by Gasteiger charge is -2.04. The minimum atomic E-state index is 0.930. The molecule has 1 rings (SSSR count). The molecule has 0 atom stereocenters. The lowest BCUT2D eigenvalue weighted by Crippen LogP contribution is -2.06. The summed E-state index contributed by atoms with van der Waals surface area (Å²) in [7, 11) is 0. The molecule has 1 aromatic heterocycles. The first-order valence-corrected chi connectivity index (χ1v) is 6.00. The van der Waals surface area contributed by atoms with Crippen LogP contribution in [0, 0.1) is 3.57 Å². The van der Waals surface area contributed by atoms with Gasteiger partial charge in [-0.15, -0.1) is 0 Å². The van der Waals surface area contributed by atoms with E-state index in [1.807, 2.05) is 11.8 Å². The van der Waals surface area contributed by atoms with Crippen molar-refractivity contribution in [1.29, 1.82) is 0 Å². The number of nitrogens with zero attached hydrogens (tertiary/aromatic N) is 2. The summed E-state index contributed by atoms with van der Waals surface area (Å²) in [6.45, 7) is 0.953. The Kier molecular flexibility index (Phi) is 4.67. The van der Waals surface area contributed by atoms with Gasteiger partial charge < -0.3 is 5.32 Å². The van der Waals surface area contributed by atoms with Gasteiger partial charge in [0.25, 0.3) is 0 Å². The lowest BCUT2D eigenvalue weighted by molar-refractivity contribution is 1.10. The third-order valence-corrected chi connectivity index (χ3v) is 2.67. The van der Waals surface area contributed by atoms with E-state index in [9.17, 15) is 0 Å². The van der Waals surface area contributed by atoms with Gasteiger partial charge in [0.1, 0.15) is 12.1 Å². The van der Waals surface area contributed by atoms with Crippen LogP contribution in [0.15, 0.2) is 12.5 Å². The molecule has 0 amide bonds. The summed E-state index contributed by atoms with van der Waals surface area (Å²) in [4.78, 5) is 8.02. The Labute approximate surface area is 89.9 Å². The number of aromatic nitrogens is 2. The van der Waals surface area contributed by atoms with E-state index in [-0.39, 0.29) is 0 Å². The van der Waals surface area contributed by atoms with E-state index in [4.69, 9.17) is 0 Å². The number of hydrogen-bond acceptors (Lipinski definition) is 4. The van der Waals surface area contributed by atoms with Gasteiger partial charge in [0, 0.05) is 18.5 Å². The summed E-state index contributed by atoms with van der Waals surface area (Å²) in [5.41, 5.74) is 0. The van der Waals surface area contributed by atoms with Gasteiger partial charge in [0.05, 0.1) is 3.57 Å². The Hall–Kier alpha value is -0.0400. The third kappa shape index (κ3) is 3.14.